The molecule has 1 heterocycles. The van der Waals surface area contributed by atoms with Gasteiger partial charge < -0.3 is 10.1 Å². The van der Waals surface area contributed by atoms with Gasteiger partial charge in [-0.15, -0.1) is 0 Å². The van der Waals surface area contributed by atoms with Gasteiger partial charge in [0, 0.05) is 18.5 Å². The molecule has 4 bridgehead atoms. The van der Waals surface area contributed by atoms with E-state index in [-0.39, 0.29) is 17.4 Å². The number of unbranched alkanes of at least 4 members (excludes halogenated alkanes) is 2. The van der Waals surface area contributed by atoms with Crippen LogP contribution in [0.2, 0.25) is 0 Å². The average molecular weight is 499 g/mol. The number of thiocarbonyl (C=S) groups is 1. The van der Waals surface area contributed by atoms with Gasteiger partial charge in [0.1, 0.15) is 10.1 Å². The second kappa shape index (κ2) is 10.0. The van der Waals surface area contributed by atoms with Gasteiger partial charge in [-0.3, -0.25) is 14.5 Å². The lowest BCUT2D eigenvalue weighted by atomic mass is 9.53. The number of benzene rings is 1. The van der Waals surface area contributed by atoms with Crippen molar-refractivity contribution < 1.29 is 14.3 Å². The third-order valence-electron chi connectivity index (χ3n) is 8.02. The first-order valence-corrected chi connectivity index (χ1v) is 13.9. The summed E-state index contributed by atoms with van der Waals surface area (Å²) in [6.07, 6.45) is 12.9. The van der Waals surface area contributed by atoms with Crippen molar-refractivity contribution in [1.29, 1.82) is 0 Å². The number of ether oxygens (including phenoxy) is 1. The Hall–Kier alpha value is -1.86. The van der Waals surface area contributed by atoms with Crippen molar-refractivity contribution in [1.82, 2.24) is 10.2 Å². The van der Waals surface area contributed by atoms with Gasteiger partial charge in [-0.05, 0) is 92.9 Å². The van der Waals surface area contributed by atoms with Gasteiger partial charge in [0.25, 0.3) is 5.91 Å². The van der Waals surface area contributed by atoms with Gasteiger partial charge in [-0.25, -0.2) is 0 Å². The molecule has 1 aliphatic heterocycles. The van der Waals surface area contributed by atoms with Gasteiger partial charge in [0.15, 0.2) is 0 Å². The summed E-state index contributed by atoms with van der Waals surface area (Å²) in [7, 11) is 1.63. The number of rotatable bonds is 9. The van der Waals surface area contributed by atoms with E-state index < -0.39 is 0 Å². The number of nitrogens with one attached hydrogen (secondary N) is 1. The molecular weight excluding hydrogens is 464 g/mol. The SMILES string of the molecule is COc1ccc(/C=C2/SC(=S)N(CCCCCC(=O)NC34CC5CC(CC(C5)C3)C4)C2=O)cc1. The van der Waals surface area contributed by atoms with Crippen molar-refractivity contribution in [2.45, 2.75) is 69.7 Å². The van der Waals surface area contributed by atoms with Crippen LogP contribution in [-0.2, 0) is 9.59 Å². The molecule has 1 aromatic rings. The molecule has 0 atom stereocenters. The zero-order chi connectivity index (χ0) is 23.7. The maximum atomic E-state index is 12.8. The number of carbonyl (C=O) groups is 2. The number of amides is 2. The van der Waals surface area contributed by atoms with E-state index in [1.54, 1.807) is 12.0 Å². The summed E-state index contributed by atoms with van der Waals surface area (Å²) in [5.41, 5.74) is 1.05. The average Bonchev–Trinajstić information content (AvgIpc) is 3.05. The summed E-state index contributed by atoms with van der Waals surface area (Å²) < 4.78 is 5.80. The zero-order valence-corrected chi connectivity index (χ0v) is 21.5. The van der Waals surface area contributed by atoms with Crippen LogP contribution in [-0.4, -0.2) is 40.2 Å². The molecule has 0 radical (unpaired) electrons. The number of carbonyl (C=O) groups excluding carboxylic acids is 2. The van der Waals surface area contributed by atoms with E-state index in [0.717, 1.165) is 48.3 Å². The Balaban J connectivity index is 1.04. The first kappa shape index (κ1) is 23.9. The fourth-order valence-corrected chi connectivity index (χ4v) is 8.21. The van der Waals surface area contributed by atoms with E-state index in [4.69, 9.17) is 17.0 Å². The minimum absolute atomic E-state index is 0.0228. The van der Waals surface area contributed by atoms with Crippen LogP contribution in [0.25, 0.3) is 6.08 Å². The number of nitrogens with zero attached hydrogens (tertiary/aromatic N) is 1. The predicted octanol–water partition coefficient (Wildman–Crippen LogP) is 5.54. The van der Waals surface area contributed by atoms with Crippen molar-refractivity contribution >= 4 is 46.2 Å². The summed E-state index contributed by atoms with van der Waals surface area (Å²) in [6, 6.07) is 7.62. The molecule has 2 amide bonds. The summed E-state index contributed by atoms with van der Waals surface area (Å²) >= 11 is 6.82. The third kappa shape index (κ3) is 5.20. The topological polar surface area (TPSA) is 58.6 Å². The third-order valence-corrected chi connectivity index (χ3v) is 9.39. The molecule has 182 valence electrons. The van der Waals surface area contributed by atoms with E-state index in [2.05, 4.69) is 5.32 Å². The molecule has 0 unspecified atom stereocenters. The highest BCUT2D eigenvalue weighted by Crippen LogP contribution is 2.55. The minimum Gasteiger partial charge on any atom is -0.497 e. The van der Waals surface area contributed by atoms with Crippen molar-refractivity contribution in [2.75, 3.05) is 13.7 Å². The van der Waals surface area contributed by atoms with Crippen molar-refractivity contribution in [3.63, 3.8) is 0 Å². The minimum atomic E-state index is -0.0228. The first-order valence-electron chi connectivity index (χ1n) is 12.6. The molecule has 5 aliphatic rings. The van der Waals surface area contributed by atoms with Crippen LogP contribution in [0.3, 0.4) is 0 Å². The van der Waals surface area contributed by atoms with Gasteiger partial charge in [-0.2, -0.15) is 0 Å². The van der Waals surface area contributed by atoms with Crippen LogP contribution in [0.15, 0.2) is 29.2 Å². The quantitative estimate of drug-likeness (QED) is 0.275. The fraction of sp³-hybridized carbons (Fsp3) is 0.593. The lowest BCUT2D eigenvalue weighted by molar-refractivity contribution is -0.127. The Labute approximate surface area is 212 Å². The molecule has 5 fully saturated rings. The van der Waals surface area contributed by atoms with Gasteiger partial charge in [0.05, 0.1) is 12.0 Å². The van der Waals surface area contributed by atoms with Crippen LogP contribution in [0, 0.1) is 17.8 Å². The summed E-state index contributed by atoms with van der Waals surface area (Å²) in [6.45, 7) is 0.612. The van der Waals surface area contributed by atoms with Crippen LogP contribution in [0.5, 0.6) is 5.75 Å². The highest BCUT2D eigenvalue weighted by molar-refractivity contribution is 8.26. The highest BCUT2D eigenvalue weighted by Gasteiger charge is 2.51. The molecule has 0 aromatic heterocycles. The van der Waals surface area contributed by atoms with Gasteiger partial charge >= 0.3 is 0 Å². The first-order chi connectivity index (χ1) is 16.4. The Morgan fingerprint density at radius 3 is 2.38 bits per heavy atom. The number of hydrogen-bond donors (Lipinski definition) is 1. The molecule has 1 aromatic carbocycles. The van der Waals surface area contributed by atoms with Crippen LogP contribution < -0.4 is 10.1 Å². The molecule has 5 nitrogen and oxygen atoms in total. The van der Waals surface area contributed by atoms with E-state index in [0.29, 0.717) is 22.2 Å². The summed E-state index contributed by atoms with van der Waals surface area (Å²) in [5.74, 6) is 3.51. The summed E-state index contributed by atoms with van der Waals surface area (Å²) in [5, 5.41) is 3.46. The largest absolute Gasteiger partial charge is 0.497 e. The maximum absolute atomic E-state index is 12.8. The molecular formula is C27H34N2O3S2. The van der Waals surface area contributed by atoms with Crippen molar-refractivity contribution in [3.8, 4) is 5.75 Å². The number of thioether (sulfide) groups is 1. The van der Waals surface area contributed by atoms with E-state index in [9.17, 15) is 9.59 Å². The highest BCUT2D eigenvalue weighted by atomic mass is 32.2. The lowest BCUT2D eigenvalue weighted by Gasteiger charge is -2.56. The molecule has 0 spiro atoms. The predicted molar refractivity (Wildman–Crippen MR) is 140 cm³/mol. The fourth-order valence-electron chi connectivity index (χ4n) is 6.90. The second-order valence-corrected chi connectivity index (χ2v) is 12.3. The molecule has 6 rings (SSSR count). The summed E-state index contributed by atoms with van der Waals surface area (Å²) in [4.78, 5) is 27.9. The number of methoxy groups -OCH3 is 1. The molecule has 34 heavy (non-hydrogen) atoms. The Kier molecular flexibility index (Phi) is 7.03. The Bertz CT molecular complexity index is 953. The van der Waals surface area contributed by atoms with Crippen LogP contribution in [0.4, 0.5) is 0 Å². The Morgan fingerprint density at radius 1 is 1.12 bits per heavy atom. The van der Waals surface area contributed by atoms with Crippen molar-refractivity contribution in [3.05, 3.63) is 34.7 Å². The monoisotopic (exact) mass is 498 g/mol. The van der Waals surface area contributed by atoms with Gasteiger partial charge in [0.2, 0.25) is 5.91 Å². The zero-order valence-electron chi connectivity index (χ0n) is 19.9. The number of hydrogen-bond acceptors (Lipinski definition) is 5. The van der Waals surface area contributed by atoms with Crippen LogP contribution in [0.1, 0.15) is 69.8 Å². The molecule has 1 saturated heterocycles. The normalized spacial score (nSPS) is 30.9. The van der Waals surface area contributed by atoms with Crippen molar-refractivity contribution in [2.24, 2.45) is 17.8 Å². The van der Waals surface area contributed by atoms with Crippen LogP contribution >= 0.6 is 24.0 Å². The molecule has 4 saturated carbocycles. The smallest absolute Gasteiger partial charge is 0.266 e. The van der Waals surface area contributed by atoms with E-state index in [1.165, 1.54) is 50.3 Å². The Morgan fingerprint density at radius 2 is 1.76 bits per heavy atom. The molecule has 4 aliphatic carbocycles. The molecule has 7 heteroatoms. The maximum Gasteiger partial charge on any atom is 0.266 e. The van der Waals surface area contributed by atoms with E-state index >= 15 is 0 Å². The molecule has 1 N–H and O–H groups in total. The lowest BCUT2D eigenvalue weighted by Crippen LogP contribution is -2.59. The standard InChI is InChI=1S/C27H34N2O3S2/c1-32-22-8-6-18(7-9-22)14-23-25(31)29(26(33)34-23)10-4-2-3-5-24(30)28-27-15-19-11-20(16-27)13-21(12-19)17-27/h6-9,14,19-21H,2-5,10-13,15-17H2,1H3,(H,28,30)/b23-14+. The van der Waals surface area contributed by atoms with Gasteiger partial charge in [-0.1, -0.05) is 42.5 Å². The van der Waals surface area contributed by atoms with E-state index in [1.807, 2.05) is 30.3 Å². The second-order valence-electron chi connectivity index (χ2n) is 10.7.